The Hall–Kier alpha value is -4.44. The van der Waals surface area contributed by atoms with Crippen LogP contribution in [0.15, 0.2) is 92.2 Å². The van der Waals surface area contributed by atoms with Gasteiger partial charge in [-0.2, -0.15) is 0 Å². The summed E-state index contributed by atoms with van der Waals surface area (Å²) in [6, 6.07) is 21.2. The number of aryl methyl sites for hydroxylation is 1. The standard InChI is InChI=1S/C24H19N7O2S/c32-22-19(23(33)31(24(34)26-22)13-12-15-4-2-1-3-5-15)14-18-10-11-20(25-18)16-6-8-17(9-7-16)21-27-29-30-28-21/h1-11,14,25,33H,12-13H2,(H,26,32,34). The topological polar surface area (TPSA) is 123 Å². The summed E-state index contributed by atoms with van der Waals surface area (Å²) in [5.41, 5.74) is 0.799. The van der Waals surface area contributed by atoms with Gasteiger partial charge in [-0.25, -0.2) is 0 Å². The minimum atomic E-state index is -0.448. The minimum absolute atomic E-state index is 0.138. The molecule has 0 radical (unpaired) electrons. The monoisotopic (exact) mass is 469 g/mol. The SMILES string of the molecule is O=c1[nH]c(=S)n(CCc2ccccc2)c(O)c1C=c1ccc(=c2ccc(=C3N=NN=N3)cc2)[nH]1. The van der Waals surface area contributed by atoms with Crippen molar-refractivity contribution in [1.29, 1.82) is 0 Å². The number of hydrogen-bond acceptors (Lipinski definition) is 7. The molecule has 0 bridgehead atoms. The Morgan fingerprint density at radius 1 is 0.912 bits per heavy atom. The summed E-state index contributed by atoms with van der Waals surface area (Å²) in [5, 5.41) is 28.8. The van der Waals surface area contributed by atoms with Gasteiger partial charge in [-0.3, -0.25) is 14.3 Å². The van der Waals surface area contributed by atoms with E-state index in [-0.39, 0.29) is 16.2 Å². The largest absolute Gasteiger partial charge is 0.494 e. The van der Waals surface area contributed by atoms with Crippen LogP contribution in [-0.4, -0.2) is 19.6 Å². The number of aromatic nitrogens is 3. The zero-order valence-corrected chi connectivity index (χ0v) is 18.7. The van der Waals surface area contributed by atoms with Crippen LogP contribution in [0.25, 0.3) is 11.9 Å². The van der Waals surface area contributed by atoms with E-state index < -0.39 is 5.56 Å². The van der Waals surface area contributed by atoms with Gasteiger partial charge in [0.15, 0.2) is 4.77 Å². The summed E-state index contributed by atoms with van der Waals surface area (Å²) in [5.74, 6) is 0.301. The van der Waals surface area contributed by atoms with Gasteiger partial charge in [-0.1, -0.05) is 54.6 Å². The molecule has 2 aromatic carbocycles. The maximum Gasteiger partial charge on any atom is 0.262 e. The average Bonchev–Trinajstić information content (AvgIpc) is 3.55. The van der Waals surface area contributed by atoms with Crippen LogP contribution in [0.4, 0.5) is 0 Å². The van der Waals surface area contributed by atoms with E-state index in [1.165, 1.54) is 4.57 Å². The number of aromatic amines is 2. The summed E-state index contributed by atoms with van der Waals surface area (Å²) in [6.07, 6.45) is 2.27. The van der Waals surface area contributed by atoms with Crippen LogP contribution in [0.1, 0.15) is 11.1 Å². The van der Waals surface area contributed by atoms with Gasteiger partial charge in [0.25, 0.3) is 5.56 Å². The molecule has 10 heteroatoms. The van der Waals surface area contributed by atoms with Crippen LogP contribution < -0.4 is 16.1 Å². The van der Waals surface area contributed by atoms with E-state index in [0.717, 1.165) is 21.3 Å². The molecule has 0 spiro atoms. The minimum Gasteiger partial charge on any atom is -0.494 e. The lowest BCUT2D eigenvalue weighted by molar-refractivity contribution is 0.402. The van der Waals surface area contributed by atoms with Gasteiger partial charge in [0.05, 0.1) is 0 Å². The Morgan fingerprint density at radius 3 is 2.35 bits per heavy atom. The van der Waals surface area contributed by atoms with Crippen LogP contribution in [0, 0.1) is 15.3 Å². The highest BCUT2D eigenvalue weighted by atomic mass is 32.1. The molecular weight excluding hydrogens is 450 g/mol. The molecule has 34 heavy (non-hydrogen) atoms. The van der Waals surface area contributed by atoms with Crippen molar-refractivity contribution in [2.24, 2.45) is 20.7 Å². The third kappa shape index (κ3) is 4.39. The first-order chi connectivity index (χ1) is 16.6. The Labute approximate surface area is 197 Å². The molecule has 3 heterocycles. The maximum absolute atomic E-state index is 12.6. The van der Waals surface area contributed by atoms with E-state index in [9.17, 15) is 9.90 Å². The predicted molar refractivity (Wildman–Crippen MR) is 129 cm³/mol. The smallest absolute Gasteiger partial charge is 0.262 e. The molecule has 1 aliphatic rings. The van der Waals surface area contributed by atoms with E-state index in [0.29, 0.717) is 24.1 Å². The fraction of sp³-hybridized carbons (Fsp3) is 0.0833. The third-order valence-electron chi connectivity index (χ3n) is 5.46. The first-order valence-corrected chi connectivity index (χ1v) is 10.9. The lowest BCUT2D eigenvalue weighted by Crippen LogP contribution is -2.19. The van der Waals surface area contributed by atoms with Crippen molar-refractivity contribution in [3.8, 4) is 5.88 Å². The molecule has 2 aromatic heterocycles. The summed E-state index contributed by atoms with van der Waals surface area (Å²) in [7, 11) is 0. The lowest BCUT2D eigenvalue weighted by Gasteiger charge is -2.11. The van der Waals surface area contributed by atoms with E-state index in [1.54, 1.807) is 6.08 Å². The molecule has 9 nitrogen and oxygen atoms in total. The lowest BCUT2D eigenvalue weighted by atomic mass is 10.1. The van der Waals surface area contributed by atoms with Crippen LogP contribution in [-0.2, 0) is 13.0 Å². The molecule has 0 saturated carbocycles. The molecule has 5 rings (SSSR count). The van der Waals surface area contributed by atoms with E-state index in [4.69, 9.17) is 12.2 Å². The van der Waals surface area contributed by atoms with Crippen molar-refractivity contribution < 1.29 is 5.11 Å². The van der Waals surface area contributed by atoms with Gasteiger partial charge in [0.2, 0.25) is 11.7 Å². The second kappa shape index (κ2) is 9.20. The van der Waals surface area contributed by atoms with Crippen molar-refractivity contribution in [1.82, 2.24) is 14.5 Å². The predicted octanol–water partition coefficient (Wildman–Crippen LogP) is 3.20. The number of H-pyrrole nitrogens is 2. The van der Waals surface area contributed by atoms with E-state index in [2.05, 4.69) is 30.6 Å². The Kier molecular flexibility index (Phi) is 5.79. The number of nitrogens with zero attached hydrogens (tertiary/aromatic N) is 5. The highest BCUT2D eigenvalue weighted by molar-refractivity contribution is 7.71. The van der Waals surface area contributed by atoms with Crippen molar-refractivity contribution >= 4 is 24.1 Å². The number of benzene rings is 2. The van der Waals surface area contributed by atoms with Crippen molar-refractivity contribution in [3.05, 3.63) is 114 Å². The zero-order chi connectivity index (χ0) is 23.5. The van der Waals surface area contributed by atoms with Gasteiger partial charge in [0.1, 0.15) is 5.56 Å². The average molecular weight is 470 g/mol. The number of nitrogens with one attached hydrogen (secondary N) is 2. The van der Waals surface area contributed by atoms with Crippen LogP contribution in [0.3, 0.4) is 0 Å². The molecule has 0 saturated heterocycles. The summed E-state index contributed by atoms with van der Waals surface area (Å²) >= 11 is 5.28. The van der Waals surface area contributed by atoms with Gasteiger partial charge in [-0.15, -0.1) is 10.2 Å². The number of hydrogen-bond donors (Lipinski definition) is 3. The molecule has 4 aromatic rings. The Bertz CT molecular complexity index is 1730. The summed E-state index contributed by atoms with van der Waals surface area (Å²) < 4.78 is 1.72. The van der Waals surface area contributed by atoms with Crippen molar-refractivity contribution in [2.45, 2.75) is 13.0 Å². The second-order valence-electron chi connectivity index (χ2n) is 7.64. The van der Waals surface area contributed by atoms with Crippen molar-refractivity contribution in [2.75, 3.05) is 0 Å². The first-order valence-electron chi connectivity index (χ1n) is 10.5. The summed E-state index contributed by atoms with van der Waals surface area (Å²) in [6.45, 7) is 0.437. The Morgan fingerprint density at radius 2 is 1.62 bits per heavy atom. The van der Waals surface area contributed by atoms with E-state index >= 15 is 0 Å². The van der Waals surface area contributed by atoms with Crippen LogP contribution in [0.5, 0.6) is 5.88 Å². The fourth-order valence-electron chi connectivity index (χ4n) is 3.68. The van der Waals surface area contributed by atoms with Gasteiger partial charge < -0.3 is 10.1 Å². The molecule has 0 unspecified atom stereocenters. The third-order valence-corrected chi connectivity index (χ3v) is 5.78. The van der Waals surface area contributed by atoms with Crippen LogP contribution >= 0.6 is 12.2 Å². The number of rotatable bonds is 4. The molecule has 3 N–H and O–H groups in total. The molecule has 0 fully saturated rings. The molecule has 1 aliphatic heterocycles. The quantitative estimate of drug-likeness (QED) is 0.398. The maximum atomic E-state index is 12.6. The van der Waals surface area contributed by atoms with Gasteiger partial charge >= 0.3 is 0 Å². The number of aromatic hydroxyl groups is 1. The Balaban J connectivity index is 1.52. The highest BCUT2D eigenvalue weighted by Gasteiger charge is 2.11. The molecule has 0 aliphatic carbocycles. The molecule has 168 valence electrons. The van der Waals surface area contributed by atoms with Crippen molar-refractivity contribution in [3.63, 3.8) is 0 Å². The summed E-state index contributed by atoms with van der Waals surface area (Å²) in [4.78, 5) is 18.5. The normalized spacial score (nSPS) is 13.2. The first kappa shape index (κ1) is 21.4. The van der Waals surface area contributed by atoms with E-state index in [1.807, 2.05) is 66.7 Å². The fourth-order valence-corrected chi connectivity index (χ4v) is 3.95. The van der Waals surface area contributed by atoms with Crippen LogP contribution in [0.2, 0.25) is 0 Å². The highest BCUT2D eigenvalue weighted by Crippen LogP contribution is 2.15. The second-order valence-corrected chi connectivity index (χ2v) is 8.02. The molecule has 0 amide bonds. The molecular formula is C24H19N7O2S. The van der Waals surface area contributed by atoms with Gasteiger partial charge in [0, 0.05) is 22.5 Å². The zero-order valence-electron chi connectivity index (χ0n) is 17.8. The van der Waals surface area contributed by atoms with Gasteiger partial charge in [-0.05, 0) is 58.1 Å². The molecule has 0 atom stereocenters.